The van der Waals surface area contributed by atoms with Crippen molar-refractivity contribution in [3.63, 3.8) is 0 Å². The Bertz CT molecular complexity index is 833. The molecule has 31 heavy (non-hydrogen) atoms. The van der Waals surface area contributed by atoms with Gasteiger partial charge in [-0.15, -0.1) is 0 Å². The number of nitrogens with one attached hydrogen (secondary N) is 1. The molecule has 2 fully saturated rings. The van der Waals surface area contributed by atoms with Crippen molar-refractivity contribution < 1.29 is 4.79 Å². The van der Waals surface area contributed by atoms with Crippen LogP contribution in [0.4, 0.5) is 10.6 Å². The number of carbonyl (C=O) groups excluding carboxylic acids is 1. The van der Waals surface area contributed by atoms with E-state index in [1.807, 2.05) is 17.0 Å². The average Bonchev–Trinajstić information content (AvgIpc) is 2.81. The maximum atomic E-state index is 12.6. The first kappa shape index (κ1) is 21.9. The summed E-state index contributed by atoms with van der Waals surface area (Å²) in [4.78, 5) is 23.5. The summed E-state index contributed by atoms with van der Waals surface area (Å²) in [5.74, 6) is 1.51. The first-order valence-corrected chi connectivity index (χ1v) is 11.7. The van der Waals surface area contributed by atoms with Crippen molar-refractivity contribution in [3.05, 3.63) is 59.2 Å². The molecule has 7 heteroatoms. The first-order chi connectivity index (χ1) is 15.2. The fraction of sp³-hybridized carbons (Fsp3) is 0.500. The van der Waals surface area contributed by atoms with Crippen molar-refractivity contribution in [1.82, 2.24) is 20.1 Å². The van der Waals surface area contributed by atoms with Gasteiger partial charge in [-0.3, -0.25) is 4.90 Å². The van der Waals surface area contributed by atoms with Crippen molar-refractivity contribution >= 4 is 23.4 Å². The van der Waals surface area contributed by atoms with Crippen LogP contribution in [-0.4, -0.2) is 66.6 Å². The Kier molecular flexibility index (Phi) is 7.65. The van der Waals surface area contributed by atoms with Crippen molar-refractivity contribution in [1.29, 1.82) is 0 Å². The van der Waals surface area contributed by atoms with Gasteiger partial charge in [0.05, 0.1) is 5.02 Å². The maximum absolute atomic E-state index is 12.6. The Balaban J connectivity index is 1.12. The Morgan fingerprint density at radius 1 is 1.00 bits per heavy atom. The van der Waals surface area contributed by atoms with Crippen LogP contribution in [0.1, 0.15) is 24.8 Å². The number of hydrogen-bond donors (Lipinski definition) is 1. The van der Waals surface area contributed by atoms with Crippen LogP contribution in [0.25, 0.3) is 0 Å². The summed E-state index contributed by atoms with van der Waals surface area (Å²) in [5.41, 5.74) is 1.39. The molecule has 1 N–H and O–H groups in total. The third-order valence-electron chi connectivity index (χ3n) is 6.39. The molecule has 166 valence electrons. The van der Waals surface area contributed by atoms with Crippen LogP contribution in [0.5, 0.6) is 0 Å². The second-order valence-electron chi connectivity index (χ2n) is 8.51. The first-order valence-electron chi connectivity index (χ1n) is 11.3. The van der Waals surface area contributed by atoms with E-state index in [1.165, 1.54) is 18.4 Å². The van der Waals surface area contributed by atoms with Gasteiger partial charge in [0.15, 0.2) is 0 Å². The fourth-order valence-corrected chi connectivity index (χ4v) is 4.74. The van der Waals surface area contributed by atoms with Gasteiger partial charge in [0.2, 0.25) is 0 Å². The lowest BCUT2D eigenvalue weighted by Gasteiger charge is -2.36. The molecule has 2 aromatic rings. The molecule has 0 spiro atoms. The fourth-order valence-electron chi connectivity index (χ4n) is 4.50. The van der Waals surface area contributed by atoms with E-state index in [-0.39, 0.29) is 6.03 Å². The molecule has 2 aliphatic heterocycles. The third-order valence-corrected chi connectivity index (χ3v) is 6.69. The molecule has 0 bridgehead atoms. The molecule has 0 atom stereocenters. The number of amides is 2. The van der Waals surface area contributed by atoms with E-state index in [4.69, 9.17) is 11.6 Å². The molecular weight excluding hydrogens is 410 g/mol. The van der Waals surface area contributed by atoms with Crippen LogP contribution < -0.4 is 10.2 Å². The van der Waals surface area contributed by atoms with E-state index in [1.54, 1.807) is 6.20 Å². The predicted molar refractivity (Wildman–Crippen MR) is 125 cm³/mol. The number of urea groups is 1. The smallest absolute Gasteiger partial charge is 0.317 e. The zero-order chi connectivity index (χ0) is 21.5. The largest absolute Gasteiger partial charge is 0.352 e. The molecule has 0 unspecified atom stereocenters. The van der Waals surface area contributed by atoms with Gasteiger partial charge in [-0.05, 0) is 56.0 Å². The SMILES string of the molecule is O=C(NCCC1CCN(Cc2ccccc2)CC1)N1CCN(c2ncccc2Cl)CC1. The predicted octanol–water partition coefficient (Wildman–Crippen LogP) is 3.87. The summed E-state index contributed by atoms with van der Waals surface area (Å²) in [7, 11) is 0. The summed E-state index contributed by atoms with van der Waals surface area (Å²) in [6.45, 7) is 6.98. The second kappa shape index (κ2) is 10.8. The number of carbonyl (C=O) groups is 1. The molecular formula is C24H32ClN5O. The highest BCUT2D eigenvalue weighted by molar-refractivity contribution is 6.32. The van der Waals surface area contributed by atoms with Crippen molar-refractivity contribution in [2.24, 2.45) is 5.92 Å². The topological polar surface area (TPSA) is 51.7 Å². The van der Waals surface area contributed by atoms with E-state index in [0.29, 0.717) is 24.0 Å². The number of likely N-dealkylation sites (tertiary alicyclic amines) is 1. The lowest BCUT2D eigenvalue weighted by molar-refractivity contribution is 0.169. The lowest BCUT2D eigenvalue weighted by Crippen LogP contribution is -2.52. The number of benzene rings is 1. The van der Waals surface area contributed by atoms with Crippen molar-refractivity contribution in [2.75, 3.05) is 50.7 Å². The Hall–Kier alpha value is -2.31. The molecule has 1 aromatic heterocycles. The number of pyridine rings is 1. The van der Waals surface area contributed by atoms with Gasteiger partial charge in [0.1, 0.15) is 5.82 Å². The summed E-state index contributed by atoms with van der Waals surface area (Å²) in [6.07, 6.45) is 5.25. The number of nitrogens with zero attached hydrogens (tertiary/aromatic N) is 4. The summed E-state index contributed by atoms with van der Waals surface area (Å²) >= 11 is 6.25. The second-order valence-corrected chi connectivity index (χ2v) is 8.92. The third kappa shape index (κ3) is 6.11. The molecule has 4 rings (SSSR count). The normalized spacial score (nSPS) is 18.2. The van der Waals surface area contributed by atoms with Gasteiger partial charge in [-0.1, -0.05) is 41.9 Å². The quantitative estimate of drug-likeness (QED) is 0.739. The summed E-state index contributed by atoms with van der Waals surface area (Å²) in [6, 6.07) is 14.4. The molecule has 0 saturated carbocycles. The highest BCUT2D eigenvalue weighted by Crippen LogP contribution is 2.24. The maximum Gasteiger partial charge on any atom is 0.317 e. The molecule has 2 aliphatic rings. The molecule has 0 aliphatic carbocycles. The number of piperidine rings is 1. The monoisotopic (exact) mass is 441 g/mol. The van der Waals surface area contributed by atoms with Gasteiger partial charge in [0, 0.05) is 45.5 Å². The Morgan fingerprint density at radius 2 is 1.74 bits per heavy atom. The van der Waals surface area contributed by atoms with Gasteiger partial charge in [-0.2, -0.15) is 0 Å². The van der Waals surface area contributed by atoms with Crippen LogP contribution in [0.2, 0.25) is 5.02 Å². The number of aromatic nitrogens is 1. The lowest BCUT2D eigenvalue weighted by atomic mass is 9.93. The van der Waals surface area contributed by atoms with Crippen molar-refractivity contribution in [3.8, 4) is 0 Å². The van der Waals surface area contributed by atoms with Crippen LogP contribution in [0.15, 0.2) is 48.7 Å². The van der Waals surface area contributed by atoms with Gasteiger partial charge >= 0.3 is 6.03 Å². The van der Waals surface area contributed by atoms with E-state index in [0.717, 1.165) is 51.5 Å². The average molecular weight is 442 g/mol. The Labute approximate surface area is 190 Å². The number of anilines is 1. The van der Waals surface area contributed by atoms with E-state index in [9.17, 15) is 4.79 Å². The number of piperazine rings is 1. The number of halogens is 1. The highest BCUT2D eigenvalue weighted by Gasteiger charge is 2.24. The van der Waals surface area contributed by atoms with E-state index < -0.39 is 0 Å². The highest BCUT2D eigenvalue weighted by atomic mass is 35.5. The minimum absolute atomic E-state index is 0.0493. The standard InChI is InChI=1S/C24H32ClN5O/c25-22-7-4-11-26-23(22)29-15-17-30(18-16-29)24(31)27-12-8-20-9-13-28(14-10-20)19-21-5-2-1-3-6-21/h1-7,11,20H,8-10,12-19H2,(H,27,31). The van der Waals surface area contributed by atoms with Gasteiger partial charge in [0.25, 0.3) is 0 Å². The van der Waals surface area contributed by atoms with Crippen LogP contribution in [0, 0.1) is 5.92 Å². The zero-order valence-corrected chi connectivity index (χ0v) is 18.8. The molecule has 6 nitrogen and oxygen atoms in total. The number of rotatable bonds is 6. The summed E-state index contributed by atoms with van der Waals surface area (Å²) in [5, 5.41) is 3.79. The minimum atomic E-state index is 0.0493. The van der Waals surface area contributed by atoms with E-state index in [2.05, 4.69) is 50.4 Å². The zero-order valence-electron chi connectivity index (χ0n) is 18.0. The molecule has 3 heterocycles. The van der Waals surface area contributed by atoms with Crippen molar-refractivity contribution in [2.45, 2.75) is 25.8 Å². The molecule has 2 amide bonds. The number of hydrogen-bond acceptors (Lipinski definition) is 4. The minimum Gasteiger partial charge on any atom is -0.352 e. The van der Waals surface area contributed by atoms with Gasteiger partial charge < -0.3 is 15.1 Å². The summed E-state index contributed by atoms with van der Waals surface area (Å²) < 4.78 is 0. The molecule has 1 aromatic carbocycles. The van der Waals surface area contributed by atoms with Crippen LogP contribution in [-0.2, 0) is 6.54 Å². The Morgan fingerprint density at radius 3 is 2.45 bits per heavy atom. The van der Waals surface area contributed by atoms with E-state index >= 15 is 0 Å². The molecule has 2 saturated heterocycles. The van der Waals surface area contributed by atoms with Crippen LogP contribution >= 0.6 is 11.6 Å². The van der Waals surface area contributed by atoms with Gasteiger partial charge in [-0.25, -0.2) is 9.78 Å². The van der Waals surface area contributed by atoms with Crippen LogP contribution in [0.3, 0.4) is 0 Å². The molecule has 0 radical (unpaired) electrons.